The SMILES string of the molecule is Cc1ccc2c(-c3nc(CN)cs3)c[nH]c2c1. The minimum absolute atomic E-state index is 0.498. The van der Waals surface area contributed by atoms with Crippen LogP contribution in [-0.4, -0.2) is 9.97 Å². The Kier molecular flexibility index (Phi) is 2.46. The molecule has 0 fully saturated rings. The van der Waals surface area contributed by atoms with Gasteiger partial charge in [0.25, 0.3) is 0 Å². The lowest BCUT2D eigenvalue weighted by Crippen LogP contribution is -1.95. The van der Waals surface area contributed by atoms with Gasteiger partial charge in [-0.2, -0.15) is 0 Å². The molecule has 2 aromatic heterocycles. The van der Waals surface area contributed by atoms with E-state index >= 15 is 0 Å². The fourth-order valence-electron chi connectivity index (χ4n) is 1.94. The highest BCUT2D eigenvalue weighted by atomic mass is 32.1. The summed E-state index contributed by atoms with van der Waals surface area (Å²) in [6.45, 7) is 2.59. The molecule has 0 unspecified atom stereocenters. The van der Waals surface area contributed by atoms with Crippen molar-refractivity contribution in [3.8, 4) is 10.6 Å². The number of aromatic nitrogens is 2. The van der Waals surface area contributed by atoms with Crippen molar-refractivity contribution in [2.24, 2.45) is 5.73 Å². The van der Waals surface area contributed by atoms with Gasteiger partial charge in [0.15, 0.2) is 0 Å². The number of aryl methyl sites for hydroxylation is 1. The van der Waals surface area contributed by atoms with Crippen LogP contribution in [0.5, 0.6) is 0 Å². The molecule has 3 aromatic rings. The number of aromatic amines is 1. The summed E-state index contributed by atoms with van der Waals surface area (Å²) in [7, 11) is 0. The van der Waals surface area contributed by atoms with Gasteiger partial charge in [0, 0.05) is 34.6 Å². The summed E-state index contributed by atoms with van der Waals surface area (Å²) in [6.07, 6.45) is 2.02. The Morgan fingerprint density at radius 1 is 1.41 bits per heavy atom. The molecule has 0 radical (unpaired) electrons. The molecule has 1 aromatic carbocycles. The summed E-state index contributed by atoms with van der Waals surface area (Å²) in [5.41, 5.74) is 10.1. The zero-order valence-electron chi connectivity index (χ0n) is 9.53. The second-order valence-electron chi connectivity index (χ2n) is 4.10. The van der Waals surface area contributed by atoms with Crippen LogP contribution >= 0.6 is 11.3 Å². The Labute approximate surface area is 103 Å². The standard InChI is InChI=1S/C13H13N3S/c1-8-2-3-10-11(6-15-12(10)4-8)13-16-9(5-14)7-17-13/h2-4,6-7,15H,5,14H2,1H3. The second-order valence-corrected chi connectivity index (χ2v) is 4.96. The highest BCUT2D eigenvalue weighted by Gasteiger charge is 2.09. The zero-order valence-corrected chi connectivity index (χ0v) is 10.3. The zero-order chi connectivity index (χ0) is 11.8. The number of hydrogen-bond acceptors (Lipinski definition) is 3. The lowest BCUT2D eigenvalue weighted by molar-refractivity contribution is 1.01. The van der Waals surface area contributed by atoms with Crippen LogP contribution in [-0.2, 0) is 6.54 Å². The smallest absolute Gasteiger partial charge is 0.125 e. The van der Waals surface area contributed by atoms with E-state index in [9.17, 15) is 0 Å². The first-order valence-corrected chi connectivity index (χ1v) is 6.38. The van der Waals surface area contributed by atoms with E-state index in [0.29, 0.717) is 6.54 Å². The molecule has 3 N–H and O–H groups in total. The van der Waals surface area contributed by atoms with Gasteiger partial charge in [-0.05, 0) is 18.6 Å². The van der Waals surface area contributed by atoms with Gasteiger partial charge in [0.05, 0.1) is 5.69 Å². The Morgan fingerprint density at radius 2 is 2.29 bits per heavy atom. The minimum atomic E-state index is 0.498. The van der Waals surface area contributed by atoms with Crippen molar-refractivity contribution in [1.82, 2.24) is 9.97 Å². The van der Waals surface area contributed by atoms with Gasteiger partial charge in [-0.25, -0.2) is 4.98 Å². The first kappa shape index (κ1) is 10.5. The van der Waals surface area contributed by atoms with Gasteiger partial charge in [0.2, 0.25) is 0 Å². The third-order valence-corrected chi connectivity index (χ3v) is 3.75. The number of H-pyrrole nitrogens is 1. The minimum Gasteiger partial charge on any atom is -0.360 e. The van der Waals surface area contributed by atoms with Gasteiger partial charge in [0.1, 0.15) is 5.01 Å². The molecule has 0 amide bonds. The molecule has 0 saturated heterocycles. The van der Waals surface area contributed by atoms with Crippen LogP contribution < -0.4 is 5.73 Å². The summed E-state index contributed by atoms with van der Waals surface area (Å²) >= 11 is 1.64. The fourth-order valence-corrected chi connectivity index (χ4v) is 2.80. The predicted octanol–water partition coefficient (Wildman–Crippen LogP) is 3.06. The predicted molar refractivity (Wildman–Crippen MR) is 72.0 cm³/mol. The van der Waals surface area contributed by atoms with E-state index < -0.39 is 0 Å². The van der Waals surface area contributed by atoms with Crippen molar-refractivity contribution in [2.45, 2.75) is 13.5 Å². The van der Waals surface area contributed by atoms with E-state index in [-0.39, 0.29) is 0 Å². The topological polar surface area (TPSA) is 54.7 Å². The van der Waals surface area contributed by atoms with Crippen LogP contribution in [0.2, 0.25) is 0 Å². The molecule has 2 heterocycles. The molecule has 0 spiro atoms. The molecule has 3 nitrogen and oxygen atoms in total. The van der Waals surface area contributed by atoms with E-state index in [2.05, 4.69) is 35.1 Å². The van der Waals surface area contributed by atoms with Gasteiger partial charge in [-0.3, -0.25) is 0 Å². The number of nitrogens with two attached hydrogens (primary N) is 1. The highest BCUT2D eigenvalue weighted by Crippen LogP contribution is 2.31. The van der Waals surface area contributed by atoms with Crippen LogP contribution in [0.4, 0.5) is 0 Å². The molecule has 0 aliphatic rings. The lowest BCUT2D eigenvalue weighted by Gasteiger charge is -1.95. The third-order valence-electron chi connectivity index (χ3n) is 2.83. The summed E-state index contributed by atoms with van der Waals surface area (Å²) in [5.74, 6) is 0. The number of rotatable bonds is 2. The van der Waals surface area contributed by atoms with Gasteiger partial charge in [-0.1, -0.05) is 12.1 Å². The summed E-state index contributed by atoms with van der Waals surface area (Å²) in [6, 6.07) is 6.41. The van der Waals surface area contributed by atoms with Crippen molar-refractivity contribution < 1.29 is 0 Å². The van der Waals surface area contributed by atoms with Gasteiger partial charge >= 0.3 is 0 Å². The normalized spacial score (nSPS) is 11.2. The third kappa shape index (κ3) is 1.75. The van der Waals surface area contributed by atoms with Crippen molar-refractivity contribution >= 4 is 22.2 Å². The average Bonchev–Trinajstić information content (AvgIpc) is 2.93. The first-order chi connectivity index (χ1) is 8.28. The van der Waals surface area contributed by atoms with E-state index in [4.69, 9.17) is 5.73 Å². The molecule has 0 aliphatic carbocycles. The number of nitrogens with one attached hydrogen (secondary N) is 1. The van der Waals surface area contributed by atoms with Gasteiger partial charge < -0.3 is 10.7 Å². The Hall–Kier alpha value is -1.65. The molecular weight excluding hydrogens is 230 g/mol. The van der Waals surface area contributed by atoms with Crippen LogP contribution in [0.15, 0.2) is 29.8 Å². The summed E-state index contributed by atoms with van der Waals surface area (Å²) < 4.78 is 0. The molecule has 0 atom stereocenters. The highest BCUT2D eigenvalue weighted by molar-refractivity contribution is 7.13. The van der Waals surface area contributed by atoms with Crippen LogP contribution in [0, 0.1) is 6.92 Å². The summed E-state index contributed by atoms with van der Waals surface area (Å²) in [4.78, 5) is 7.81. The maximum atomic E-state index is 5.59. The van der Waals surface area contributed by atoms with Crippen molar-refractivity contribution in [2.75, 3.05) is 0 Å². The molecule has 0 bridgehead atoms. The van der Waals surface area contributed by atoms with Crippen LogP contribution in [0.1, 0.15) is 11.3 Å². The maximum Gasteiger partial charge on any atom is 0.125 e. The summed E-state index contributed by atoms with van der Waals surface area (Å²) in [5, 5.41) is 4.26. The second kappa shape index (κ2) is 3.98. The monoisotopic (exact) mass is 243 g/mol. The van der Waals surface area contributed by atoms with E-state index in [1.165, 1.54) is 10.9 Å². The average molecular weight is 243 g/mol. The molecular formula is C13H13N3S. The Balaban J connectivity index is 2.17. The Morgan fingerprint density at radius 3 is 3.06 bits per heavy atom. The molecule has 86 valence electrons. The lowest BCUT2D eigenvalue weighted by atomic mass is 10.1. The molecule has 0 saturated carbocycles. The van der Waals surface area contributed by atoms with Crippen molar-refractivity contribution in [1.29, 1.82) is 0 Å². The van der Waals surface area contributed by atoms with E-state index in [1.807, 2.05) is 11.6 Å². The quantitative estimate of drug-likeness (QED) is 0.726. The number of hydrogen-bond donors (Lipinski definition) is 2. The number of nitrogens with zero attached hydrogens (tertiary/aromatic N) is 1. The molecule has 3 rings (SSSR count). The molecule has 17 heavy (non-hydrogen) atoms. The van der Waals surface area contributed by atoms with Crippen LogP contribution in [0.3, 0.4) is 0 Å². The Bertz CT molecular complexity index is 666. The number of fused-ring (bicyclic) bond motifs is 1. The van der Waals surface area contributed by atoms with Gasteiger partial charge in [-0.15, -0.1) is 11.3 Å². The number of benzene rings is 1. The maximum absolute atomic E-state index is 5.59. The fraction of sp³-hybridized carbons (Fsp3) is 0.154. The largest absolute Gasteiger partial charge is 0.360 e. The van der Waals surface area contributed by atoms with E-state index in [1.54, 1.807) is 11.3 Å². The van der Waals surface area contributed by atoms with Crippen molar-refractivity contribution in [3.63, 3.8) is 0 Å². The number of thiazole rings is 1. The van der Waals surface area contributed by atoms with E-state index in [0.717, 1.165) is 21.8 Å². The van der Waals surface area contributed by atoms with Crippen LogP contribution in [0.25, 0.3) is 21.5 Å². The molecule has 0 aliphatic heterocycles. The first-order valence-electron chi connectivity index (χ1n) is 5.50. The molecule has 4 heteroatoms. The van der Waals surface area contributed by atoms with Crippen molar-refractivity contribution in [3.05, 3.63) is 41.0 Å².